The van der Waals surface area contributed by atoms with Crippen molar-refractivity contribution in [3.05, 3.63) is 89.7 Å². The van der Waals surface area contributed by atoms with Crippen LogP contribution in [0.25, 0.3) is 0 Å². The van der Waals surface area contributed by atoms with E-state index in [-0.39, 0.29) is 36.8 Å². The first-order valence-corrected chi connectivity index (χ1v) is 12.9. The van der Waals surface area contributed by atoms with Gasteiger partial charge in [-0.25, -0.2) is 17.6 Å². The Morgan fingerprint density at radius 2 is 1.54 bits per heavy atom. The largest absolute Gasteiger partial charge is 0.497 e. The minimum atomic E-state index is -3.93. The van der Waals surface area contributed by atoms with Gasteiger partial charge in [0.1, 0.15) is 11.6 Å². The second kappa shape index (κ2) is 12.8. The Morgan fingerprint density at radius 3 is 2.14 bits per heavy atom. The molecule has 0 aromatic heterocycles. The molecule has 11 heteroatoms. The molecule has 0 spiro atoms. The van der Waals surface area contributed by atoms with Gasteiger partial charge in [0.05, 0.1) is 12.0 Å². The molecule has 0 aliphatic carbocycles. The van der Waals surface area contributed by atoms with Gasteiger partial charge in [0.2, 0.25) is 15.9 Å². The zero-order valence-corrected chi connectivity index (χ0v) is 21.1. The molecule has 0 fully saturated rings. The van der Waals surface area contributed by atoms with Crippen LogP contribution in [0.1, 0.15) is 17.5 Å². The predicted molar refractivity (Wildman–Crippen MR) is 138 cm³/mol. The first kappa shape index (κ1) is 27.6. The molecular weight excluding hydrogens is 499 g/mol. The number of hydrogen-bond acceptors (Lipinski definition) is 5. The van der Waals surface area contributed by atoms with Gasteiger partial charge in [0.15, 0.2) is 0 Å². The summed E-state index contributed by atoms with van der Waals surface area (Å²) in [6.45, 7) is 0.287. The number of anilines is 1. The third-order valence-electron chi connectivity index (χ3n) is 5.53. The molecule has 0 atom stereocenters. The number of methoxy groups -OCH3 is 1. The van der Waals surface area contributed by atoms with E-state index in [2.05, 4.69) is 10.6 Å². The summed E-state index contributed by atoms with van der Waals surface area (Å²) in [6, 6.07) is 18.2. The van der Waals surface area contributed by atoms with Crippen molar-refractivity contribution in [1.29, 1.82) is 0 Å². The minimum absolute atomic E-state index is 0.0176. The highest BCUT2D eigenvalue weighted by Crippen LogP contribution is 2.20. The summed E-state index contributed by atoms with van der Waals surface area (Å²) in [5, 5.41) is 5.27. The summed E-state index contributed by atoms with van der Waals surface area (Å²) in [6.07, 6.45) is 0.311. The van der Waals surface area contributed by atoms with Gasteiger partial charge in [-0.2, -0.15) is 4.31 Å². The number of benzene rings is 3. The second-order valence-electron chi connectivity index (χ2n) is 8.18. The smallest absolute Gasteiger partial charge is 0.319 e. The fourth-order valence-corrected chi connectivity index (χ4v) is 4.89. The average molecular weight is 529 g/mol. The highest BCUT2D eigenvalue weighted by Gasteiger charge is 2.24. The molecule has 9 nitrogen and oxygen atoms in total. The van der Waals surface area contributed by atoms with E-state index in [1.807, 2.05) is 12.1 Å². The van der Waals surface area contributed by atoms with Crippen LogP contribution >= 0.6 is 0 Å². The maximum atomic E-state index is 13.3. The molecule has 0 unspecified atom stereocenters. The van der Waals surface area contributed by atoms with Crippen LogP contribution in [0.3, 0.4) is 0 Å². The zero-order valence-electron chi connectivity index (χ0n) is 20.3. The van der Waals surface area contributed by atoms with Gasteiger partial charge < -0.3 is 21.1 Å². The molecule has 196 valence electrons. The fourth-order valence-electron chi connectivity index (χ4n) is 3.45. The Balaban J connectivity index is 1.64. The molecule has 3 rings (SSSR count). The Labute approximate surface area is 215 Å². The van der Waals surface area contributed by atoms with Crippen molar-refractivity contribution in [2.24, 2.45) is 5.73 Å². The summed E-state index contributed by atoms with van der Waals surface area (Å²) in [4.78, 5) is 23.5. The van der Waals surface area contributed by atoms with E-state index in [9.17, 15) is 22.4 Å². The molecule has 3 amide bonds. The van der Waals surface area contributed by atoms with Crippen molar-refractivity contribution < 1.29 is 27.1 Å². The van der Waals surface area contributed by atoms with E-state index in [0.29, 0.717) is 17.9 Å². The number of nitrogens with zero attached hydrogens (tertiary/aromatic N) is 1. The van der Waals surface area contributed by atoms with E-state index in [4.69, 9.17) is 10.5 Å². The molecule has 3 aromatic rings. The average Bonchev–Trinajstić information content (AvgIpc) is 2.88. The lowest BCUT2D eigenvalue weighted by Gasteiger charge is -2.22. The number of primary amides is 1. The van der Waals surface area contributed by atoms with Crippen LogP contribution in [0.2, 0.25) is 0 Å². The summed E-state index contributed by atoms with van der Waals surface area (Å²) in [5.74, 6) is -0.271. The van der Waals surface area contributed by atoms with Crippen LogP contribution < -0.4 is 21.1 Å². The highest BCUT2D eigenvalue weighted by molar-refractivity contribution is 7.89. The van der Waals surface area contributed by atoms with E-state index in [1.165, 1.54) is 40.7 Å². The van der Waals surface area contributed by atoms with Crippen molar-refractivity contribution in [2.45, 2.75) is 24.3 Å². The molecule has 0 aliphatic rings. The van der Waals surface area contributed by atoms with Gasteiger partial charge in [0.25, 0.3) is 0 Å². The molecule has 0 radical (unpaired) electrons. The van der Waals surface area contributed by atoms with Crippen LogP contribution in [0.15, 0.2) is 77.7 Å². The fraction of sp³-hybridized carbons (Fsp3) is 0.231. The molecular formula is C26H29FN4O5S. The van der Waals surface area contributed by atoms with E-state index < -0.39 is 22.0 Å². The molecule has 0 saturated carbocycles. The lowest BCUT2D eigenvalue weighted by Crippen LogP contribution is -2.35. The number of hydrogen-bond donors (Lipinski definition) is 3. The SMILES string of the molecule is COc1ccc(CCN(CCC(N)=O)S(=O)(=O)c2ccc(NC(=O)NCc3ccc(F)cc3)cc2)cc1. The number of nitrogens with one attached hydrogen (secondary N) is 2. The molecule has 0 saturated heterocycles. The number of amides is 3. The lowest BCUT2D eigenvalue weighted by molar-refractivity contribution is -0.118. The van der Waals surface area contributed by atoms with Crippen LogP contribution in [0, 0.1) is 5.82 Å². The standard InChI is InChI=1S/C26H29FN4O5S/c1-36-23-10-4-19(5-11-23)14-16-31(17-15-25(28)32)37(34,35)24-12-8-22(9-13-24)30-26(33)29-18-20-2-6-21(27)7-3-20/h2-13H,14-18H2,1H3,(H2,28,32)(H2,29,30,33). The lowest BCUT2D eigenvalue weighted by atomic mass is 10.1. The molecule has 0 aliphatic heterocycles. The topological polar surface area (TPSA) is 131 Å². The van der Waals surface area contributed by atoms with Gasteiger partial charge in [-0.3, -0.25) is 4.79 Å². The van der Waals surface area contributed by atoms with Crippen molar-refractivity contribution in [3.8, 4) is 5.75 Å². The van der Waals surface area contributed by atoms with Gasteiger partial charge >= 0.3 is 6.03 Å². The van der Waals surface area contributed by atoms with Crippen molar-refractivity contribution in [1.82, 2.24) is 9.62 Å². The van der Waals surface area contributed by atoms with E-state index >= 15 is 0 Å². The normalized spacial score (nSPS) is 11.2. The van der Waals surface area contributed by atoms with E-state index in [1.54, 1.807) is 31.4 Å². The number of carbonyl (C=O) groups is 2. The Morgan fingerprint density at radius 1 is 0.919 bits per heavy atom. The maximum absolute atomic E-state index is 13.3. The molecule has 0 heterocycles. The van der Waals surface area contributed by atoms with Crippen molar-refractivity contribution >= 4 is 27.6 Å². The van der Waals surface area contributed by atoms with Gasteiger partial charge in [-0.1, -0.05) is 24.3 Å². The molecule has 3 aromatic carbocycles. The van der Waals surface area contributed by atoms with Gasteiger partial charge in [-0.15, -0.1) is 0 Å². The molecule has 37 heavy (non-hydrogen) atoms. The van der Waals surface area contributed by atoms with Crippen LogP contribution in [0.4, 0.5) is 14.9 Å². The Hall–Kier alpha value is -3.96. The number of rotatable bonds is 12. The predicted octanol–water partition coefficient (Wildman–Crippen LogP) is 3.26. The third-order valence-corrected chi connectivity index (χ3v) is 7.45. The first-order chi connectivity index (χ1) is 17.7. The summed E-state index contributed by atoms with van der Waals surface area (Å²) >= 11 is 0. The number of sulfonamides is 1. The Bertz CT molecular complexity index is 1300. The minimum Gasteiger partial charge on any atom is -0.497 e. The number of ether oxygens (including phenoxy) is 1. The van der Waals surface area contributed by atoms with Gasteiger partial charge in [0, 0.05) is 31.7 Å². The zero-order chi connectivity index (χ0) is 26.8. The van der Waals surface area contributed by atoms with Gasteiger partial charge in [-0.05, 0) is 66.1 Å². The number of carbonyl (C=O) groups excluding carboxylic acids is 2. The van der Waals surface area contributed by atoms with E-state index in [0.717, 1.165) is 11.1 Å². The van der Waals surface area contributed by atoms with Crippen LogP contribution in [-0.2, 0) is 27.8 Å². The first-order valence-electron chi connectivity index (χ1n) is 11.5. The molecule has 4 N–H and O–H groups in total. The number of nitrogens with two attached hydrogens (primary N) is 1. The summed E-state index contributed by atoms with van der Waals surface area (Å²) in [7, 11) is -2.37. The summed E-state index contributed by atoms with van der Waals surface area (Å²) < 4.78 is 46.0. The highest BCUT2D eigenvalue weighted by atomic mass is 32.2. The quantitative estimate of drug-likeness (QED) is 0.332. The monoisotopic (exact) mass is 528 g/mol. The van der Waals surface area contributed by atoms with Crippen molar-refractivity contribution in [3.63, 3.8) is 0 Å². The van der Waals surface area contributed by atoms with Crippen LogP contribution in [-0.4, -0.2) is 44.9 Å². The number of urea groups is 1. The maximum Gasteiger partial charge on any atom is 0.319 e. The Kier molecular flexibility index (Phi) is 9.58. The number of halogens is 1. The second-order valence-corrected chi connectivity index (χ2v) is 10.1. The third kappa shape index (κ3) is 8.29. The summed E-state index contributed by atoms with van der Waals surface area (Å²) in [5.41, 5.74) is 7.28. The molecule has 0 bridgehead atoms. The van der Waals surface area contributed by atoms with Crippen LogP contribution in [0.5, 0.6) is 5.75 Å². The van der Waals surface area contributed by atoms with Crippen molar-refractivity contribution in [2.75, 3.05) is 25.5 Å².